The van der Waals surface area contributed by atoms with Gasteiger partial charge in [0.15, 0.2) is 5.57 Å². The minimum Gasteiger partial charge on any atom is -0.493 e. The molecule has 3 aromatic carbocycles. The van der Waals surface area contributed by atoms with E-state index >= 15 is 0 Å². The van der Waals surface area contributed by atoms with E-state index in [1.165, 1.54) is 4.57 Å². The summed E-state index contributed by atoms with van der Waals surface area (Å²) in [5, 5.41) is 13.2. The predicted molar refractivity (Wildman–Crippen MR) is 147 cm³/mol. The van der Waals surface area contributed by atoms with Crippen molar-refractivity contribution < 1.29 is 9.53 Å². The van der Waals surface area contributed by atoms with Crippen LogP contribution >= 0.6 is 38.9 Å². The largest absolute Gasteiger partial charge is 0.493 e. The number of aromatic nitrogens is 1. The Morgan fingerprint density at radius 1 is 1.17 bits per heavy atom. The number of hydrogen-bond donors (Lipinski definition) is 1. The molecule has 0 atom stereocenters. The minimum absolute atomic E-state index is 0.185. The Morgan fingerprint density at radius 2 is 1.89 bits per heavy atom. The maximum absolute atomic E-state index is 13.6. The van der Waals surface area contributed by atoms with Crippen molar-refractivity contribution in [2.45, 2.75) is 6.92 Å². The molecular formula is C27H19BrClN3O3S. The molecule has 1 aromatic heterocycles. The van der Waals surface area contributed by atoms with Gasteiger partial charge in [-0.25, -0.2) is 0 Å². The van der Waals surface area contributed by atoms with E-state index < -0.39 is 5.91 Å². The molecule has 0 unspecified atom stereocenters. The van der Waals surface area contributed by atoms with Gasteiger partial charge >= 0.3 is 0 Å². The molecule has 0 saturated carbocycles. The van der Waals surface area contributed by atoms with Crippen molar-refractivity contribution in [3.63, 3.8) is 0 Å². The fourth-order valence-corrected chi connectivity index (χ4v) is 5.04. The van der Waals surface area contributed by atoms with E-state index in [9.17, 15) is 14.9 Å². The molecule has 0 radical (unpaired) electrons. The van der Waals surface area contributed by atoms with Gasteiger partial charge in [0.05, 0.1) is 16.8 Å². The van der Waals surface area contributed by atoms with Crippen LogP contribution < -0.4 is 24.8 Å². The highest BCUT2D eigenvalue weighted by molar-refractivity contribution is 9.10. The van der Waals surface area contributed by atoms with Crippen LogP contribution in [0.2, 0.25) is 5.02 Å². The molecule has 0 fully saturated rings. The van der Waals surface area contributed by atoms with Gasteiger partial charge in [-0.2, -0.15) is 5.26 Å². The van der Waals surface area contributed by atoms with Crippen LogP contribution in [0.5, 0.6) is 5.75 Å². The smallest absolute Gasteiger partial charge is 0.273 e. The molecule has 1 heterocycles. The molecule has 0 aliphatic rings. The summed E-state index contributed by atoms with van der Waals surface area (Å²) in [6, 6.07) is 22.9. The molecule has 1 amide bonds. The van der Waals surface area contributed by atoms with Crippen LogP contribution in [-0.2, 0) is 4.79 Å². The van der Waals surface area contributed by atoms with Crippen LogP contribution in [0.3, 0.4) is 0 Å². The van der Waals surface area contributed by atoms with E-state index in [4.69, 9.17) is 16.3 Å². The number of ether oxygens (including phenoxy) is 1. The number of para-hydroxylation sites is 1. The van der Waals surface area contributed by atoms with Gasteiger partial charge in [0, 0.05) is 20.7 Å². The number of halogens is 2. The van der Waals surface area contributed by atoms with Crippen molar-refractivity contribution in [2.75, 3.05) is 11.9 Å². The average Bonchev–Trinajstić information content (AvgIpc) is 3.18. The summed E-state index contributed by atoms with van der Waals surface area (Å²) < 4.78 is 8.50. The summed E-state index contributed by atoms with van der Waals surface area (Å²) in [6.45, 7) is 2.34. The molecule has 0 aliphatic heterocycles. The summed E-state index contributed by atoms with van der Waals surface area (Å²) in [4.78, 5) is 26.7. The van der Waals surface area contributed by atoms with Crippen molar-refractivity contribution in [3.8, 4) is 17.5 Å². The maximum Gasteiger partial charge on any atom is 0.273 e. The van der Waals surface area contributed by atoms with E-state index in [2.05, 4.69) is 21.2 Å². The molecule has 6 nitrogen and oxygen atoms in total. The molecule has 0 aliphatic carbocycles. The predicted octanol–water partition coefficient (Wildman–Crippen LogP) is 4.86. The third-order valence-electron chi connectivity index (χ3n) is 5.05. The maximum atomic E-state index is 13.6. The topological polar surface area (TPSA) is 84.1 Å². The van der Waals surface area contributed by atoms with Crippen molar-refractivity contribution in [1.29, 1.82) is 5.26 Å². The molecule has 0 spiro atoms. The number of benzene rings is 3. The lowest BCUT2D eigenvalue weighted by molar-refractivity contribution is -0.111. The number of nitriles is 1. The molecule has 4 aromatic rings. The number of rotatable bonds is 6. The standard InChI is InChI=1S/C27H19BrClN3O3S/c1-2-35-23-13-8-18(28)14-17(23)15-24-26(34)32(21-6-4-3-5-7-21)27(36-24)22(16-30)25(33)31-20-11-9-19(29)10-12-20/h3-15H,2H2,1H3,(H,31,33). The van der Waals surface area contributed by atoms with E-state index in [-0.39, 0.29) is 15.8 Å². The zero-order valence-electron chi connectivity index (χ0n) is 19.0. The Morgan fingerprint density at radius 3 is 2.56 bits per heavy atom. The fraction of sp³-hybridized carbons (Fsp3) is 0.0741. The highest BCUT2D eigenvalue weighted by Gasteiger charge is 2.17. The van der Waals surface area contributed by atoms with Gasteiger partial charge < -0.3 is 10.1 Å². The van der Waals surface area contributed by atoms with Gasteiger partial charge in [0.2, 0.25) is 0 Å². The number of amides is 1. The molecule has 9 heteroatoms. The summed E-state index contributed by atoms with van der Waals surface area (Å²) in [6.07, 6.45) is 1.71. The highest BCUT2D eigenvalue weighted by atomic mass is 79.9. The van der Waals surface area contributed by atoms with Crippen molar-refractivity contribution in [2.24, 2.45) is 0 Å². The van der Waals surface area contributed by atoms with Gasteiger partial charge in [0.25, 0.3) is 11.5 Å². The lowest BCUT2D eigenvalue weighted by Gasteiger charge is -2.06. The van der Waals surface area contributed by atoms with Gasteiger partial charge in [-0.05, 0) is 67.6 Å². The van der Waals surface area contributed by atoms with Crippen LogP contribution in [0.1, 0.15) is 12.5 Å². The second-order valence-electron chi connectivity index (χ2n) is 7.45. The molecule has 0 bridgehead atoms. The Kier molecular flexibility index (Phi) is 8.06. The first-order valence-corrected chi connectivity index (χ1v) is 12.8. The SMILES string of the molecule is CCOc1ccc(Br)cc1C=c1sc(=C(C#N)C(=O)Nc2ccc(Cl)cc2)n(-c2ccccc2)c1=O. The van der Waals surface area contributed by atoms with Crippen LogP contribution in [0.15, 0.2) is 82.1 Å². The number of nitrogens with one attached hydrogen (secondary N) is 1. The van der Waals surface area contributed by atoms with E-state index in [0.29, 0.717) is 38.8 Å². The first kappa shape index (κ1) is 25.5. The van der Waals surface area contributed by atoms with Crippen molar-refractivity contribution in [3.05, 3.63) is 107 Å². The Hall–Kier alpha value is -3.64. The third kappa shape index (κ3) is 5.60. The number of anilines is 1. The van der Waals surface area contributed by atoms with Gasteiger partial charge in [0.1, 0.15) is 16.5 Å². The van der Waals surface area contributed by atoms with Crippen LogP contribution in [0.4, 0.5) is 5.69 Å². The molecule has 4 rings (SSSR count). The number of carbonyl (C=O) groups is 1. The normalized spacial score (nSPS) is 12.1. The molecule has 0 saturated heterocycles. The zero-order valence-corrected chi connectivity index (χ0v) is 22.2. The van der Waals surface area contributed by atoms with Crippen LogP contribution in [-0.4, -0.2) is 17.1 Å². The van der Waals surface area contributed by atoms with Gasteiger partial charge in [-0.3, -0.25) is 14.2 Å². The molecule has 36 heavy (non-hydrogen) atoms. The van der Waals surface area contributed by atoms with Crippen LogP contribution in [0, 0.1) is 11.3 Å². The summed E-state index contributed by atoms with van der Waals surface area (Å²) in [7, 11) is 0. The Bertz CT molecular complexity index is 1640. The first-order chi connectivity index (χ1) is 17.4. The van der Waals surface area contributed by atoms with Crippen molar-refractivity contribution >= 4 is 62.1 Å². The van der Waals surface area contributed by atoms with Gasteiger partial charge in [-0.1, -0.05) is 45.7 Å². The highest BCUT2D eigenvalue weighted by Crippen LogP contribution is 2.24. The minimum atomic E-state index is -0.630. The van der Waals surface area contributed by atoms with Crippen LogP contribution in [0.25, 0.3) is 17.3 Å². The number of carbonyl (C=O) groups excluding carboxylic acids is 1. The van der Waals surface area contributed by atoms with E-state index in [0.717, 1.165) is 15.8 Å². The Balaban J connectivity index is 1.96. The Labute approximate surface area is 224 Å². The summed E-state index contributed by atoms with van der Waals surface area (Å²) in [5.74, 6) is -0.0129. The summed E-state index contributed by atoms with van der Waals surface area (Å²) >= 11 is 10.5. The number of nitrogens with zero attached hydrogens (tertiary/aromatic N) is 2. The third-order valence-corrected chi connectivity index (χ3v) is 6.89. The number of thiazole rings is 1. The lowest BCUT2D eigenvalue weighted by Crippen LogP contribution is -2.32. The second-order valence-corrected chi connectivity index (χ2v) is 9.84. The average molecular weight is 581 g/mol. The number of hydrogen-bond acceptors (Lipinski definition) is 5. The van der Waals surface area contributed by atoms with E-state index in [1.807, 2.05) is 37.3 Å². The quantitative estimate of drug-likeness (QED) is 0.353. The van der Waals surface area contributed by atoms with Gasteiger partial charge in [-0.15, -0.1) is 11.3 Å². The zero-order chi connectivity index (χ0) is 25.7. The molecule has 180 valence electrons. The molecular weight excluding hydrogens is 562 g/mol. The second kappa shape index (κ2) is 11.4. The lowest BCUT2D eigenvalue weighted by atomic mass is 10.2. The monoisotopic (exact) mass is 579 g/mol. The fourth-order valence-electron chi connectivity index (χ4n) is 3.44. The molecule has 1 N–H and O–H groups in total. The van der Waals surface area contributed by atoms with E-state index in [1.54, 1.807) is 54.6 Å². The van der Waals surface area contributed by atoms with Crippen molar-refractivity contribution in [1.82, 2.24) is 4.57 Å². The first-order valence-electron chi connectivity index (χ1n) is 10.8. The summed E-state index contributed by atoms with van der Waals surface area (Å²) in [5.41, 5.74) is 1.18.